The van der Waals surface area contributed by atoms with Gasteiger partial charge in [0.25, 0.3) is 0 Å². The molecule has 0 amide bonds. The Balaban J connectivity index is 2.04. The van der Waals surface area contributed by atoms with Crippen LogP contribution in [0, 0.1) is 16.1 Å². The van der Waals surface area contributed by atoms with Crippen LogP contribution in [0.4, 0.5) is 0 Å². The number of aryl methyl sites for hydroxylation is 1. The van der Waals surface area contributed by atoms with Gasteiger partial charge in [0, 0.05) is 6.42 Å². The first kappa shape index (κ1) is 13.3. The molecule has 0 bridgehead atoms. The molecule has 1 aromatic heterocycles. The van der Waals surface area contributed by atoms with E-state index in [1.54, 1.807) is 0 Å². The zero-order chi connectivity index (χ0) is 13.0. The number of nitrogens with one attached hydrogen (secondary N) is 2. The number of aromatic amines is 2. The average Bonchev–Trinajstić information content (AvgIpc) is 2.73. The van der Waals surface area contributed by atoms with E-state index >= 15 is 0 Å². The fraction of sp³-hybridized carbons (Fsp3) is 0.571. The van der Waals surface area contributed by atoms with Crippen molar-refractivity contribution in [3.8, 4) is 0 Å². The molecule has 1 aliphatic rings. The van der Waals surface area contributed by atoms with E-state index in [2.05, 4.69) is 53.3 Å². The van der Waals surface area contributed by atoms with Crippen LogP contribution in [0.2, 0.25) is 0 Å². The minimum atomic E-state index is 0.289. The molecule has 0 fully saturated rings. The molecule has 1 unspecified atom stereocenters. The number of nitrogens with zero attached hydrogens (tertiary/aromatic N) is 1. The van der Waals surface area contributed by atoms with Crippen molar-refractivity contribution < 1.29 is 0 Å². The van der Waals surface area contributed by atoms with Gasteiger partial charge in [-0.1, -0.05) is 38.2 Å². The van der Waals surface area contributed by atoms with E-state index < -0.39 is 0 Å². The molecule has 98 valence electrons. The van der Waals surface area contributed by atoms with Crippen molar-refractivity contribution in [1.29, 1.82) is 0 Å². The van der Waals surface area contributed by atoms with Gasteiger partial charge in [-0.05, 0) is 42.8 Å². The van der Waals surface area contributed by atoms with Crippen LogP contribution in [0.25, 0.3) is 0 Å². The quantitative estimate of drug-likeness (QED) is 0.790. The maximum atomic E-state index is 4.98. The SMILES string of the molecule is CC(C)CC1(CCc2nc(=S)[nH][nH]2)C=CC=CC1. The Morgan fingerprint density at radius 2 is 2.22 bits per heavy atom. The first-order valence-electron chi connectivity index (χ1n) is 6.58. The first-order chi connectivity index (χ1) is 8.60. The lowest BCUT2D eigenvalue weighted by atomic mass is 9.72. The highest BCUT2D eigenvalue weighted by atomic mass is 32.1. The predicted octanol–water partition coefficient (Wildman–Crippen LogP) is 3.95. The molecule has 0 radical (unpaired) electrons. The Kier molecular flexibility index (Phi) is 4.17. The minimum absolute atomic E-state index is 0.289. The maximum absolute atomic E-state index is 4.98. The second-order valence-electron chi connectivity index (χ2n) is 5.57. The zero-order valence-electron chi connectivity index (χ0n) is 11.1. The monoisotopic (exact) mass is 263 g/mol. The third kappa shape index (κ3) is 3.42. The molecule has 0 aliphatic heterocycles. The van der Waals surface area contributed by atoms with Gasteiger partial charge in [0.15, 0.2) is 0 Å². The van der Waals surface area contributed by atoms with Gasteiger partial charge in [0.1, 0.15) is 5.82 Å². The first-order valence-corrected chi connectivity index (χ1v) is 6.98. The lowest BCUT2D eigenvalue weighted by molar-refractivity contribution is 0.278. The summed E-state index contributed by atoms with van der Waals surface area (Å²) in [6, 6.07) is 0. The minimum Gasteiger partial charge on any atom is -0.286 e. The maximum Gasteiger partial charge on any atom is 0.213 e. The van der Waals surface area contributed by atoms with E-state index in [1.165, 1.54) is 6.42 Å². The van der Waals surface area contributed by atoms with E-state index in [1.807, 2.05) is 0 Å². The van der Waals surface area contributed by atoms with Crippen molar-refractivity contribution in [3.63, 3.8) is 0 Å². The van der Waals surface area contributed by atoms with E-state index in [0.717, 1.165) is 25.1 Å². The normalized spacial score (nSPS) is 22.8. The molecule has 3 nitrogen and oxygen atoms in total. The van der Waals surface area contributed by atoms with Gasteiger partial charge in [-0.3, -0.25) is 10.2 Å². The van der Waals surface area contributed by atoms with Gasteiger partial charge in [-0.15, -0.1) is 0 Å². The standard InChI is InChI=1S/C14H21N3S/c1-11(2)10-14(7-4-3-5-8-14)9-6-12-15-13(18)17-16-12/h3-5,7,11H,6,8-10H2,1-2H3,(H2,15,16,17,18). The Labute approximate surface area is 113 Å². The molecule has 0 saturated heterocycles. The zero-order valence-corrected chi connectivity index (χ0v) is 11.9. The number of rotatable bonds is 5. The highest BCUT2D eigenvalue weighted by Gasteiger charge is 2.28. The van der Waals surface area contributed by atoms with E-state index in [4.69, 9.17) is 12.2 Å². The van der Waals surface area contributed by atoms with Crippen molar-refractivity contribution >= 4 is 12.2 Å². The molecule has 1 aromatic rings. The highest BCUT2D eigenvalue weighted by molar-refractivity contribution is 7.71. The third-order valence-electron chi connectivity index (χ3n) is 3.45. The lowest BCUT2D eigenvalue weighted by Gasteiger charge is -2.33. The Bertz CT molecular complexity index is 495. The summed E-state index contributed by atoms with van der Waals surface area (Å²) in [7, 11) is 0. The Morgan fingerprint density at radius 3 is 2.78 bits per heavy atom. The van der Waals surface area contributed by atoms with Gasteiger partial charge in [-0.2, -0.15) is 0 Å². The van der Waals surface area contributed by atoms with Crippen molar-refractivity contribution in [2.45, 2.75) is 39.5 Å². The lowest BCUT2D eigenvalue weighted by Crippen LogP contribution is -2.22. The number of aromatic nitrogens is 3. The molecule has 1 atom stereocenters. The van der Waals surface area contributed by atoms with Crippen LogP contribution in [0.3, 0.4) is 0 Å². The fourth-order valence-corrected chi connectivity index (χ4v) is 2.91. The third-order valence-corrected chi connectivity index (χ3v) is 3.64. The van der Waals surface area contributed by atoms with Gasteiger partial charge in [0.05, 0.1) is 0 Å². The molecule has 2 N–H and O–H groups in total. The number of hydrogen-bond donors (Lipinski definition) is 2. The summed E-state index contributed by atoms with van der Waals surface area (Å²) in [6.45, 7) is 4.58. The predicted molar refractivity (Wildman–Crippen MR) is 76.9 cm³/mol. The summed E-state index contributed by atoms with van der Waals surface area (Å²) in [5.41, 5.74) is 0.289. The van der Waals surface area contributed by atoms with E-state index in [-0.39, 0.29) is 5.41 Å². The van der Waals surface area contributed by atoms with Crippen LogP contribution in [-0.4, -0.2) is 15.2 Å². The van der Waals surface area contributed by atoms with Gasteiger partial charge >= 0.3 is 0 Å². The van der Waals surface area contributed by atoms with Crippen LogP contribution in [0.15, 0.2) is 24.3 Å². The second-order valence-corrected chi connectivity index (χ2v) is 5.95. The summed E-state index contributed by atoms with van der Waals surface area (Å²) < 4.78 is 0.544. The summed E-state index contributed by atoms with van der Waals surface area (Å²) in [6.07, 6.45) is 13.4. The smallest absolute Gasteiger partial charge is 0.213 e. The van der Waals surface area contributed by atoms with Crippen molar-refractivity contribution in [3.05, 3.63) is 34.9 Å². The molecule has 1 aliphatic carbocycles. The number of H-pyrrole nitrogens is 2. The molecule has 4 heteroatoms. The van der Waals surface area contributed by atoms with Crippen LogP contribution in [0.5, 0.6) is 0 Å². The highest BCUT2D eigenvalue weighted by Crippen LogP contribution is 2.38. The molecule has 0 saturated carbocycles. The van der Waals surface area contributed by atoms with Gasteiger partial charge in [0.2, 0.25) is 4.77 Å². The molecule has 1 heterocycles. The van der Waals surface area contributed by atoms with E-state index in [0.29, 0.717) is 10.7 Å². The van der Waals surface area contributed by atoms with E-state index in [9.17, 15) is 0 Å². The van der Waals surface area contributed by atoms with Crippen LogP contribution in [0.1, 0.15) is 38.9 Å². The molecular weight excluding hydrogens is 242 g/mol. The number of allylic oxidation sites excluding steroid dienone is 4. The van der Waals surface area contributed by atoms with Crippen molar-refractivity contribution in [2.75, 3.05) is 0 Å². The van der Waals surface area contributed by atoms with Gasteiger partial charge in [-0.25, -0.2) is 4.98 Å². The van der Waals surface area contributed by atoms with Crippen LogP contribution in [-0.2, 0) is 6.42 Å². The summed E-state index contributed by atoms with van der Waals surface area (Å²) in [5.74, 6) is 1.67. The number of hydrogen-bond acceptors (Lipinski definition) is 2. The molecule has 2 rings (SSSR count). The molecule has 0 spiro atoms. The Hall–Kier alpha value is -1.16. The largest absolute Gasteiger partial charge is 0.286 e. The topological polar surface area (TPSA) is 44.5 Å². The molecule has 0 aromatic carbocycles. The van der Waals surface area contributed by atoms with Crippen molar-refractivity contribution in [2.24, 2.45) is 11.3 Å². The molecule has 18 heavy (non-hydrogen) atoms. The summed E-state index contributed by atoms with van der Waals surface area (Å²) >= 11 is 4.98. The van der Waals surface area contributed by atoms with Crippen LogP contribution < -0.4 is 0 Å². The summed E-state index contributed by atoms with van der Waals surface area (Å²) in [4.78, 5) is 4.27. The second kappa shape index (κ2) is 5.65. The Morgan fingerprint density at radius 1 is 1.39 bits per heavy atom. The van der Waals surface area contributed by atoms with Crippen LogP contribution >= 0.6 is 12.2 Å². The summed E-state index contributed by atoms with van der Waals surface area (Å²) in [5, 5.41) is 5.89. The fourth-order valence-electron chi connectivity index (χ4n) is 2.75. The average molecular weight is 263 g/mol. The van der Waals surface area contributed by atoms with Gasteiger partial charge < -0.3 is 0 Å². The molecular formula is C14H21N3S. The van der Waals surface area contributed by atoms with Crippen molar-refractivity contribution in [1.82, 2.24) is 15.2 Å².